The zero-order chi connectivity index (χ0) is 29.5. The van der Waals surface area contributed by atoms with Crippen LogP contribution in [-0.2, 0) is 24.3 Å². The minimum atomic E-state index is -4.14. The van der Waals surface area contributed by atoms with E-state index in [-0.39, 0.29) is 42.5 Å². The lowest BCUT2D eigenvalue weighted by Gasteiger charge is -2.45. The van der Waals surface area contributed by atoms with Gasteiger partial charge in [0.05, 0.1) is 36.2 Å². The lowest BCUT2D eigenvalue weighted by atomic mass is 10.0. The summed E-state index contributed by atoms with van der Waals surface area (Å²) < 4.78 is 42.4. The van der Waals surface area contributed by atoms with E-state index in [0.717, 1.165) is 6.04 Å². The molecule has 12 nitrogen and oxygen atoms in total. The monoisotopic (exact) mass is 595 g/mol. The Hall–Kier alpha value is -2.52. The average Bonchev–Trinajstić information content (AvgIpc) is 3.30. The molecule has 0 aromatic carbocycles. The van der Waals surface area contributed by atoms with Gasteiger partial charge in [0.25, 0.3) is 0 Å². The van der Waals surface area contributed by atoms with E-state index < -0.39 is 29.6 Å². The molecule has 0 saturated carbocycles. The van der Waals surface area contributed by atoms with Gasteiger partial charge in [0.2, 0.25) is 21.8 Å². The molecule has 4 rings (SSSR count). The van der Waals surface area contributed by atoms with Crippen LogP contribution in [0.2, 0.25) is 25.7 Å². The van der Waals surface area contributed by atoms with E-state index in [0.29, 0.717) is 44.0 Å². The number of hydrogen-bond acceptors (Lipinski definition) is 8. The summed E-state index contributed by atoms with van der Waals surface area (Å²) in [6.07, 6.45) is 2.76. The SMILES string of the molecule is CC(C)C(=O)N1CCN(c2cc(S(=O)(=O)N(COCC[Si](C)(C)C)C3(C)COC3)cn3c(C(=O)O)ncc23)CC1. The minimum Gasteiger partial charge on any atom is -0.475 e. The van der Waals surface area contributed by atoms with Crippen molar-refractivity contribution < 1.29 is 32.6 Å². The summed E-state index contributed by atoms with van der Waals surface area (Å²) in [7, 11) is -5.52. The zero-order valence-corrected chi connectivity index (χ0v) is 26.0. The fourth-order valence-corrected chi connectivity index (χ4v) is 7.26. The van der Waals surface area contributed by atoms with Crippen molar-refractivity contribution in [3.05, 3.63) is 24.3 Å². The summed E-state index contributed by atoms with van der Waals surface area (Å²) in [6.45, 7) is 14.9. The van der Waals surface area contributed by atoms with Gasteiger partial charge in [-0.15, -0.1) is 0 Å². The number of carbonyl (C=O) groups is 2. The number of sulfonamides is 1. The molecule has 2 aromatic heterocycles. The van der Waals surface area contributed by atoms with Gasteiger partial charge in [-0.25, -0.2) is 18.2 Å². The maximum absolute atomic E-state index is 14.2. The highest BCUT2D eigenvalue weighted by atomic mass is 32.2. The summed E-state index contributed by atoms with van der Waals surface area (Å²) in [4.78, 5) is 32.3. The number of carboxylic acids is 1. The molecular weight excluding hydrogens is 554 g/mol. The number of carbonyl (C=O) groups excluding carboxylic acids is 1. The Bertz CT molecular complexity index is 1360. The second-order valence-corrected chi connectivity index (χ2v) is 19.8. The average molecular weight is 596 g/mol. The van der Waals surface area contributed by atoms with Crippen LogP contribution >= 0.6 is 0 Å². The molecule has 0 atom stereocenters. The highest BCUT2D eigenvalue weighted by Crippen LogP contribution is 2.34. The van der Waals surface area contributed by atoms with Crippen LogP contribution < -0.4 is 4.90 Å². The summed E-state index contributed by atoms with van der Waals surface area (Å²) in [6, 6.07) is 2.47. The maximum Gasteiger partial charge on any atom is 0.372 e. The number of anilines is 1. The van der Waals surface area contributed by atoms with Crippen LogP contribution in [0.15, 0.2) is 23.4 Å². The van der Waals surface area contributed by atoms with Gasteiger partial charge in [0.15, 0.2) is 0 Å². The Kier molecular flexibility index (Phi) is 8.67. The first kappa shape index (κ1) is 30.4. The van der Waals surface area contributed by atoms with E-state index in [1.54, 1.807) is 11.0 Å². The molecule has 2 aliphatic rings. The number of rotatable bonds is 11. The fourth-order valence-electron chi connectivity index (χ4n) is 4.85. The number of pyridine rings is 1. The third-order valence-corrected chi connectivity index (χ3v) is 11.1. The molecule has 0 bridgehead atoms. The largest absolute Gasteiger partial charge is 0.475 e. The van der Waals surface area contributed by atoms with Gasteiger partial charge in [0.1, 0.15) is 11.6 Å². The van der Waals surface area contributed by atoms with E-state index in [2.05, 4.69) is 24.6 Å². The summed E-state index contributed by atoms with van der Waals surface area (Å²) >= 11 is 0. The smallest absolute Gasteiger partial charge is 0.372 e. The van der Waals surface area contributed by atoms with Crippen molar-refractivity contribution in [2.24, 2.45) is 5.92 Å². The molecule has 2 fully saturated rings. The van der Waals surface area contributed by atoms with Gasteiger partial charge < -0.3 is 24.4 Å². The van der Waals surface area contributed by atoms with E-state index in [1.807, 2.05) is 25.7 Å². The minimum absolute atomic E-state index is 0.0573. The predicted molar refractivity (Wildman–Crippen MR) is 153 cm³/mol. The van der Waals surface area contributed by atoms with Crippen molar-refractivity contribution in [2.75, 3.05) is 57.6 Å². The van der Waals surface area contributed by atoms with Crippen LogP contribution in [0.1, 0.15) is 31.4 Å². The summed E-state index contributed by atoms with van der Waals surface area (Å²) in [5.74, 6) is -1.59. The first-order chi connectivity index (χ1) is 18.6. The number of ether oxygens (including phenoxy) is 2. The molecule has 2 saturated heterocycles. The fraction of sp³-hybridized carbons (Fsp3) is 0.654. The second-order valence-electron chi connectivity index (χ2n) is 12.4. The van der Waals surface area contributed by atoms with Crippen molar-refractivity contribution in [2.45, 2.75) is 56.9 Å². The second kappa shape index (κ2) is 11.4. The Labute approximate surface area is 236 Å². The van der Waals surface area contributed by atoms with Gasteiger partial charge in [-0.05, 0) is 19.0 Å². The molecule has 14 heteroatoms. The molecule has 0 spiro atoms. The van der Waals surface area contributed by atoms with Crippen LogP contribution in [0.3, 0.4) is 0 Å². The van der Waals surface area contributed by atoms with E-state index in [9.17, 15) is 23.1 Å². The van der Waals surface area contributed by atoms with Crippen LogP contribution in [0.25, 0.3) is 5.52 Å². The molecule has 0 unspecified atom stereocenters. The van der Waals surface area contributed by atoms with Gasteiger partial charge in [0, 0.05) is 53.0 Å². The van der Waals surface area contributed by atoms with Crippen LogP contribution in [0.5, 0.6) is 0 Å². The van der Waals surface area contributed by atoms with Crippen molar-refractivity contribution in [1.82, 2.24) is 18.6 Å². The standard InChI is InChI=1S/C26H41N5O7SSi/c1-19(2)24(32)29-9-7-28(8-10-29)21-13-20(15-30-22(21)14-27-23(30)25(33)34)39(35,36)31(26(3)16-38-17-26)18-37-11-12-40(4,5)6/h13-15,19H,7-12,16-18H2,1-6H3,(H,33,34). The third kappa shape index (κ3) is 6.20. The predicted octanol–water partition coefficient (Wildman–Crippen LogP) is 2.43. The molecule has 40 heavy (non-hydrogen) atoms. The highest BCUT2D eigenvalue weighted by molar-refractivity contribution is 7.89. The van der Waals surface area contributed by atoms with Gasteiger partial charge in [-0.3, -0.25) is 9.20 Å². The lowest BCUT2D eigenvalue weighted by molar-refractivity contribution is -0.134. The number of nitrogens with zero attached hydrogens (tertiary/aromatic N) is 5. The maximum atomic E-state index is 14.2. The Morgan fingerprint density at radius 3 is 2.38 bits per heavy atom. The van der Waals surface area contributed by atoms with Crippen molar-refractivity contribution in [3.8, 4) is 0 Å². The van der Waals surface area contributed by atoms with Crippen molar-refractivity contribution in [3.63, 3.8) is 0 Å². The molecule has 0 aliphatic carbocycles. The number of fused-ring (bicyclic) bond motifs is 1. The zero-order valence-electron chi connectivity index (χ0n) is 24.2. The van der Waals surface area contributed by atoms with E-state index in [1.165, 1.54) is 21.1 Å². The van der Waals surface area contributed by atoms with Crippen molar-refractivity contribution >= 4 is 41.2 Å². The van der Waals surface area contributed by atoms with Crippen molar-refractivity contribution in [1.29, 1.82) is 0 Å². The Morgan fingerprint density at radius 2 is 1.85 bits per heavy atom. The summed E-state index contributed by atoms with van der Waals surface area (Å²) in [5.41, 5.74) is 0.240. The first-order valence-electron chi connectivity index (χ1n) is 13.6. The van der Waals surface area contributed by atoms with Gasteiger partial charge in [-0.1, -0.05) is 33.5 Å². The van der Waals surface area contributed by atoms with E-state index >= 15 is 0 Å². The highest BCUT2D eigenvalue weighted by Gasteiger charge is 2.47. The molecule has 2 aliphatic heterocycles. The number of imidazole rings is 1. The molecule has 2 aromatic rings. The Morgan fingerprint density at radius 1 is 1.20 bits per heavy atom. The normalized spacial score (nSPS) is 18.0. The molecule has 1 amide bonds. The quantitative estimate of drug-likeness (QED) is 0.236. The van der Waals surface area contributed by atoms with Crippen LogP contribution in [-0.4, -0.2) is 110 Å². The topological polar surface area (TPSA) is 134 Å². The van der Waals surface area contributed by atoms with Gasteiger partial charge >= 0.3 is 5.97 Å². The summed E-state index contributed by atoms with van der Waals surface area (Å²) in [5, 5.41) is 9.77. The first-order valence-corrected chi connectivity index (χ1v) is 18.8. The third-order valence-electron chi connectivity index (χ3n) is 7.43. The van der Waals surface area contributed by atoms with Crippen LogP contribution in [0, 0.1) is 5.92 Å². The van der Waals surface area contributed by atoms with Gasteiger partial charge in [-0.2, -0.15) is 4.31 Å². The lowest BCUT2D eigenvalue weighted by Crippen LogP contribution is -2.62. The number of piperazine rings is 1. The number of amides is 1. The molecule has 0 radical (unpaired) electrons. The van der Waals surface area contributed by atoms with E-state index in [4.69, 9.17) is 9.47 Å². The molecule has 4 heterocycles. The van der Waals surface area contributed by atoms with Crippen LogP contribution in [0.4, 0.5) is 5.69 Å². The number of carboxylic acid groups (broad SMARTS) is 1. The molecule has 1 N–H and O–H groups in total. The molecule has 222 valence electrons. The number of aromatic nitrogens is 2. The molecular formula is C26H41N5O7SSi. The number of hydrogen-bond donors (Lipinski definition) is 1. The Balaban J connectivity index is 1.71. The number of aromatic carboxylic acids is 1.